The zero-order valence-electron chi connectivity index (χ0n) is 14.6. The Bertz CT molecular complexity index is 837. The first-order valence-electron chi connectivity index (χ1n) is 8.28. The molecule has 0 radical (unpaired) electrons. The van der Waals surface area contributed by atoms with Gasteiger partial charge in [-0.15, -0.1) is 0 Å². The van der Waals surface area contributed by atoms with E-state index in [1.165, 1.54) is 0 Å². The van der Waals surface area contributed by atoms with Crippen molar-refractivity contribution < 1.29 is 14.3 Å². The van der Waals surface area contributed by atoms with Crippen molar-refractivity contribution in [3.05, 3.63) is 51.8 Å². The van der Waals surface area contributed by atoms with Crippen LogP contribution < -0.4 is 5.32 Å². The van der Waals surface area contributed by atoms with Crippen LogP contribution in [0.4, 0.5) is 5.69 Å². The SMILES string of the molecule is Cc1ccc(NC(=O)COC(=O)c2cc(C)n(C3CC3)c2C)cc1Cl. The normalized spacial score (nSPS) is 13.6. The van der Waals surface area contributed by atoms with E-state index in [4.69, 9.17) is 16.3 Å². The van der Waals surface area contributed by atoms with E-state index >= 15 is 0 Å². The van der Waals surface area contributed by atoms with Gasteiger partial charge in [0.1, 0.15) is 0 Å². The van der Waals surface area contributed by atoms with Crippen LogP contribution in [0.15, 0.2) is 24.3 Å². The molecule has 1 aliphatic carbocycles. The lowest BCUT2D eigenvalue weighted by atomic mass is 10.2. The fourth-order valence-electron chi connectivity index (χ4n) is 2.95. The number of nitrogens with zero attached hydrogens (tertiary/aromatic N) is 1. The molecule has 1 N–H and O–H groups in total. The number of carbonyl (C=O) groups excluding carboxylic acids is 2. The third-order valence-electron chi connectivity index (χ3n) is 4.41. The van der Waals surface area contributed by atoms with Crippen LogP contribution in [-0.2, 0) is 9.53 Å². The molecule has 1 aliphatic rings. The molecule has 0 atom stereocenters. The molecule has 0 bridgehead atoms. The van der Waals surface area contributed by atoms with Crippen LogP contribution in [0.2, 0.25) is 5.02 Å². The summed E-state index contributed by atoms with van der Waals surface area (Å²) in [5.74, 6) is -0.874. The van der Waals surface area contributed by atoms with E-state index in [0.717, 1.165) is 29.8 Å². The van der Waals surface area contributed by atoms with Gasteiger partial charge in [0.05, 0.1) is 5.56 Å². The highest BCUT2D eigenvalue weighted by atomic mass is 35.5. The number of aromatic nitrogens is 1. The molecule has 1 amide bonds. The van der Waals surface area contributed by atoms with Crippen molar-refractivity contribution in [1.29, 1.82) is 0 Å². The van der Waals surface area contributed by atoms with E-state index < -0.39 is 11.9 Å². The number of halogens is 1. The van der Waals surface area contributed by atoms with Crippen molar-refractivity contribution in [2.75, 3.05) is 11.9 Å². The molecule has 3 rings (SSSR count). The molecule has 1 aromatic carbocycles. The molecule has 6 heteroatoms. The minimum absolute atomic E-state index is 0.336. The van der Waals surface area contributed by atoms with Gasteiger partial charge in [0, 0.05) is 28.1 Å². The van der Waals surface area contributed by atoms with Crippen molar-refractivity contribution in [2.45, 2.75) is 39.7 Å². The fraction of sp³-hybridized carbons (Fsp3) is 0.368. The topological polar surface area (TPSA) is 60.3 Å². The molecule has 1 heterocycles. The Hall–Kier alpha value is -2.27. The third kappa shape index (κ3) is 3.87. The first-order valence-corrected chi connectivity index (χ1v) is 8.66. The maximum Gasteiger partial charge on any atom is 0.340 e. The molecule has 1 fully saturated rings. The molecular formula is C19H21ClN2O3. The number of aryl methyl sites for hydroxylation is 2. The van der Waals surface area contributed by atoms with Crippen molar-refractivity contribution in [3.63, 3.8) is 0 Å². The van der Waals surface area contributed by atoms with Gasteiger partial charge in [-0.1, -0.05) is 17.7 Å². The van der Waals surface area contributed by atoms with Crippen LogP contribution in [0.1, 0.15) is 46.2 Å². The van der Waals surface area contributed by atoms with E-state index in [0.29, 0.717) is 22.3 Å². The number of rotatable bonds is 5. The molecule has 0 aliphatic heterocycles. The zero-order valence-corrected chi connectivity index (χ0v) is 15.3. The summed E-state index contributed by atoms with van der Waals surface area (Å²) in [6.07, 6.45) is 2.29. The first-order chi connectivity index (χ1) is 11.9. The molecule has 1 aromatic heterocycles. The Labute approximate surface area is 151 Å². The number of nitrogens with one attached hydrogen (secondary N) is 1. The zero-order chi connectivity index (χ0) is 18.1. The molecule has 132 valence electrons. The van der Waals surface area contributed by atoms with Crippen molar-refractivity contribution in [2.24, 2.45) is 0 Å². The molecule has 0 saturated heterocycles. The van der Waals surface area contributed by atoms with E-state index in [2.05, 4.69) is 9.88 Å². The molecule has 2 aromatic rings. The number of amides is 1. The second kappa shape index (κ2) is 6.92. The Morgan fingerprint density at radius 2 is 1.96 bits per heavy atom. The molecule has 0 unspecified atom stereocenters. The maximum absolute atomic E-state index is 12.3. The Morgan fingerprint density at radius 1 is 1.24 bits per heavy atom. The van der Waals surface area contributed by atoms with Crippen molar-refractivity contribution in [3.8, 4) is 0 Å². The largest absolute Gasteiger partial charge is 0.452 e. The third-order valence-corrected chi connectivity index (χ3v) is 4.81. The lowest BCUT2D eigenvalue weighted by molar-refractivity contribution is -0.119. The van der Waals surface area contributed by atoms with Crippen LogP contribution in [0, 0.1) is 20.8 Å². The van der Waals surface area contributed by atoms with E-state index in [9.17, 15) is 9.59 Å². The van der Waals surface area contributed by atoms with Crippen molar-refractivity contribution >= 4 is 29.2 Å². The minimum Gasteiger partial charge on any atom is -0.452 e. The summed E-state index contributed by atoms with van der Waals surface area (Å²) < 4.78 is 7.34. The van der Waals surface area contributed by atoms with Crippen LogP contribution >= 0.6 is 11.6 Å². The predicted octanol–water partition coefficient (Wildman–Crippen LogP) is 4.20. The highest BCUT2D eigenvalue weighted by Crippen LogP contribution is 2.38. The summed E-state index contributed by atoms with van der Waals surface area (Å²) in [5.41, 5.74) is 3.97. The van der Waals surface area contributed by atoms with Crippen LogP contribution in [0.5, 0.6) is 0 Å². The Kier molecular flexibility index (Phi) is 4.86. The van der Waals surface area contributed by atoms with Gasteiger partial charge >= 0.3 is 5.97 Å². The monoisotopic (exact) mass is 360 g/mol. The van der Waals surface area contributed by atoms with E-state index in [1.54, 1.807) is 12.1 Å². The van der Waals surface area contributed by atoms with Gasteiger partial charge in [-0.3, -0.25) is 4.79 Å². The Balaban J connectivity index is 1.59. The number of hydrogen-bond acceptors (Lipinski definition) is 3. The second-order valence-electron chi connectivity index (χ2n) is 6.47. The van der Waals surface area contributed by atoms with Gasteiger partial charge in [-0.2, -0.15) is 0 Å². The average molecular weight is 361 g/mol. The van der Waals surface area contributed by atoms with E-state index in [1.807, 2.05) is 32.9 Å². The summed E-state index contributed by atoms with van der Waals surface area (Å²) in [6, 6.07) is 7.56. The summed E-state index contributed by atoms with van der Waals surface area (Å²) in [4.78, 5) is 24.3. The summed E-state index contributed by atoms with van der Waals surface area (Å²) in [7, 11) is 0. The quantitative estimate of drug-likeness (QED) is 0.813. The van der Waals surface area contributed by atoms with Crippen LogP contribution in [-0.4, -0.2) is 23.1 Å². The standard InChI is InChI=1S/C19H21ClN2O3/c1-11-4-5-14(9-17(11)20)21-18(23)10-25-19(24)16-8-12(2)22(13(16)3)15-6-7-15/h4-5,8-9,15H,6-7,10H2,1-3H3,(H,21,23). The van der Waals surface area contributed by atoms with Crippen LogP contribution in [0.3, 0.4) is 0 Å². The van der Waals surface area contributed by atoms with Crippen molar-refractivity contribution in [1.82, 2.24) is 4.57 Å². The summed E-state index contributed by atoms with van der Waals surface area (Å²) >= 11 is 6.03. The molecule has 0 spiro atoms. The molecule has 5 nitrogen and oxygen atoms in total. The lowest BCUT2D eigenvalue weighted by Gasteiger charge is -2.09. The fourth-order valence-corrected chi connectivity index (χ4v) is 3.14. The van der Waals surface area contributed by atoms with Gasteiger partial charge in [0.25, 0.3) is 5.91 Å². The number of ether oxygens (including phenoxy) is 1. The predicted molar refractivity (Wildman–Crippen MR) is 97.3 cm³/mol. The van der Waals surface area contributed by atoms with Gasteiger partial charge in [0.15, 0.2) is 6.61 Å². The van der Waals surface area contributed by atoms with Gasteiger partial charge in [-0.05, 0) is 57.4 Å². The van der Waals surface area contributed by atoms with Gasteiger partial charge in [0.2, 0.25) is 0 Å². The van der Waals surface area contributed by atoms with Crippen LogP contribution in [0.25, 0.3) is 0 Å². The summed E-state index contributed by atoms with van der Waals surface area (Å²) in [6.45, 7) is 5.44. The molecule has 1 saturated carbocycles. The second-order valence-corrected chi connectivity index (χ2v) is 6.88. The Morgan fingerprint density at radius 3 is 2.60 bits per heavy atom. The average Bonchev–Trinajstić information content (AvgIpc) is 3.34. The molecular weight excluding hydrogens is 340 g/mol. The number of hydrogen-bond donors (Lipinski definition) is 1. The maximum atomic E-state index is 12.3. The van der Waals surface area contributed by atoms with E-state index in [-0.39, 0.29) is 6.61 Å². The summed E-state index contributed by atoms with van der Waals surface area (Å²) in [5, 5.41) is 3.24. The minimum atomic E-state index is -0.475. The van der Waals surface area contributed by atoms with Gasteiger partial charge in [-0.25, -0.2) is 4.79 Å². The lowest BCUT2D eigenvalue weighted by Crippen LogP contribution is -2.21. The number of benzene rings is 1. The molecule has 25 heavy (non-hydrogen) atoms. The van der Waals surface area contributed by atoms with Gasteiger partial charge < -0.3 is 14.6 Å². The highest BCUT2D eigenvalue weighted by molar-refractivity contribution is 6.31. The number of anilines is 1. The number of carbonyl (C=O) groups is 2. The first kappa shape index (κ1) is 17.5. The highest BCUT2D eigenvalue weighted by Gasteiger charge is 2.28. The smallest absolute Gasteiger partial charge is 0.340 e. The number of esters is 1.